The second-order valence-electron chi connectivity index (χ2n) is 3.38. The maximum atomic E-state index is 11.9. The first-order valence-electron chi connectivity index (χ1n) is 4.60. The highest BCUT2D eigenvalue weighted by Crippen LogP contribution is 2.14. The van der Waals surface area contributed by atoms with Crippen LogP contribution in [0.4, 0.5) is 0 Å². The predicted octanol–water partition coefficient (Wildman–Crippen LogP) is -0.450. The molecular weight excluding hydrogens is 230 g/mol. The largest absolute Gasteiger partial charge is 0.319 e. The zero-order valence-corrected chi connectivity index (χ0v) is 9.34. The van der Waals surface area contributed by atoms with Gasteiger partial charge in [-0.3, -0.25) is 19.7 Å². The molecule has 0 spiro atoms. The van der Waals surface area contributed by atoms with Gasteiger partial charge in [0, 0.05) is 0 Å². The molecule has 1 N–H and O–H groups in total. The number of aryl methyl sites for hydroxylation is 1. The van der Waals surface area contributed by atoms with Crippen LogP contribution in [-0.4, -0.2) is 40.7 Å². The van der Waals surface area contributed by atoms with Crippen LogP contribution < -0.4 is 5.32 Å². The average Bonchev–Trinajstić information content (AvgIpc) is 2.62. The number of imide groups is 1. The van der Waals surface area contributed by atoms with Crippen molar-refractivity contribution in [2.24, 2.45) is 0 Å². The summed E-state index contributed by atoms with van der Waals surface area (Å²) in [4.78, 5) is 39.7. The Morgan fingerprint density at radius 2 is 2.06 bits per heavy atom. The number of carbonyl (C=O) groups is 3. The standard InChI is InChI=1S/C9H9N3O3S/c1-5-10-2-6(16-5)9(15)12-3-7(13)11-8(14)4-12/h2H,3-4H2,1H3,(H,11,13,14). The normalized spacial score (nSPS) is 16.2. The fourth-order valence-electron chi connectivity index (χ4n) is 1.40. The summed E-state index contributed by atoms with van der Waals surface area (Å²) in [5.41, 5.74) is 0. The van der Waals surface area contributed by atoms with Crippen molar-refractivity contribution in [2.45, 2.75) is 6.92 Å². The number of hydrogen-bond acceptors (Lipinski definition) is 5. The van der Waals surface area contributed by atoms with E-state index in [1.807, 2.05) is 0 Å². The molecule has 2 heterocycles. The predicted molar refractivity (Wildman–Crippen MR) is 55.9 cm³/mol. The van der Waals surface area contributed by atoms with E-state index in [2.05, 4.69) is 10.3 Å². The van der Waals surface area contributed by atoms with E-state index in [-0.39, 0.29) is 19.0 Å². The van der Waals surface area contributed by atoms with E-state index < -0.39 is 11.8 Å². The van der Waals surface area contributed by atoms with E-state index in [9.17, 15) is 14.4 Å². The van der Waals surface area contributed by atoms with Crippen molar-refractivity contribution in [1.82, 2.24) is 15.2 Å². The van der Waals surface area contributed by atoms with Gasteiger partial charge in [-0.2, -0.15) is 0 Å². The topological polar surface area (TPSA) is 79.4 Å². The molecule has 0 bridgehead atoms. The number of amides is 3. The average molecular weight is 239 g/mol. The van der Waals surface area contributed by atoms with Gasteiger partial charge in [0.25, 0.3) is 5.91 Å². The van der Waals surface area contributed by atoms with Gasteiger partial charge in [-0.1, -0.05) is 0 Å². The molecule has 0 aliphatic carbocycles. The number of aromatic nitrogens is 1. The summed E-state index contributed by atoms with van der Waals surface area (Å²) in [6, 6.07) is 0. The smallest absolute Gasteiger partial charge is 0.266 e. The Kier molecular flexibility index (Phi) is 2.69. The minimum Gasteiger partial charge on any atom is -0.319 e. The molecule has 1 saturated heterocycles. The molecule has 1 aliphatic rings. The Balaban J connectivity index is 2.15. The van der Waals surface area contributed by atoms with Gasteiger partial charge in [0.2, 0.25) is 11.8 Å². The fourth-order valence-corrected chi connectivity index (χ4v) is 2.14. The molecule has 0 atom stereocenters. The first-order valence-corrected chi connectivity index (χ1v) is 5.42. The minimum absolute atomic E-state index is 0.0818. The van der Waals surface area contributed by atoms with Crippen molar-refractivity contribution in [3.8, 4) is 0 Å². The molecule has 2 rings (SSSR count). The van der Waals surface area contributed by atoms with Crippen molar-refractivity contribution in [2.75, 3.05) is 13.1 Å². The summed E-state index contributed by atoms with van der Waals surface area (Å²) in [6.07, 6.45) is 1.46. The Bertz CT molecular complexity index is 452. The van der Waals surface area contributed by atoms with Gasteiger partial charge in [0.05, 0.1) is 11.2 Å². The van der Waals surface area contributed by atoms with Crippen molar-refractivity contribution in [3.63, 3.8) is 0 Å². The lowest BCUT2D eigenvalue weighted by atomic mass is 10.3. The number of thiazole rings is 1. The first-order chi connectivity index (χ1) is 7.56. The number of hydrogen-bond donors (Lipinski definition) is 1. The molecule has 1 aromatic rings. The van der Waals surface area contributed by atoms with Gasteiger partial charge in [-0.25, -0.2) is 4.98 Å². The Labute approximate surface area is 95.3 Å². The number of nitrogens with zero attached hydrogens (tertiary/aromatic N) is 2. The SMILES string of the molecule is Cc1ncc(C(=O)N2CC(=O)NC(=O)C2)s1. The molecule has 84 valence electrons. The maximum absolute atomic E-state index is 11.9. The van der Waals surface area contributed by atoms with Crippen molar-refractivity contribution < 1.29 is 14.4 Å². The van der Waals surface area contributed by atoms with Crippen LogP contribution in [0.3, 0.4) is 0 Å². The van der Waals surface area contributed by atoms with Crippen LogP contribution in [0.25, 0.3) is 0 Å². The summed E-state index contributed by atoms with van der Waals surface area (Å²) in [5, 5.41) is 2.91. The molecule has 1 aromatic heterocycles. The van der Waals surface area contributed by atoms with E-state index in [0.29, 0.717) is 4.88 Å². The number of carbonyl (C=O) groups excluding carboxylic acids is 3. The molecule has 1 aliphatic heterocycles. The highest BCUT2D eigenvalue weighted by molar-refractivity contribution is 7.13. The van der Waals surface area contributed by atoms with Gasteiger partial charge in [-0.05, 0) is 6.92 Å². The third kappa shape index (κ3) is 2.08. The van der Waals surface area contributed by atoms with E-state index in [4.69, 9.17) is 0 Å². The van der Waals surface area contributed by atoms with Crippen molar-refractivity contribution in [1.29, 1.82) is 0 Å². The van der Waals surface area contributed by atoms with Gasteiger partial charge in [0.15, 0.2) is 0 Å². The molecule has 3 amide bonds. The summed E-state index contributed by atoms with van der Waals surface area (Å²) in [6.45, 7) is 1.62. The van der Waals surface area contributed by atoms with Crippen LogP contribution in [0.5, 0.6) is 0 Å². The van der Waals surface area contributed by atoms with Gasteiger partial charge < -0.3 is 4.90 Å². The molecule has 6 nitrogen and oxygen atoms in total. The summed E-state index contributed by atoms with van der Waals surface area (Å²) in [5.74, 6) is -1.23. The van der Waals surface area contributed by atoms with E-state index >= 15 is 0 Å². The molecule has 0 unspecified atom stereocenters. The lowest BCUT2D eigenvalue weighted by Gasteiger charge is -2.24. The van der Waals surface area contributed by atoms with Gasteiger partial charge in [-0.15, -0.1) is 11.3 Å². The van der Waals surface area contributed by atoms with Crippen LogP contribution in [-0.2, 0) is 9.59 Å². The number of nitrogens with one attached hydrogen (secondary N) is 1. The van der Waals surface area contributed by atoms with E-state index in [1.54, 1.807) is 6.92 Å². The fraction of sp³-hybridized carbons (Fsp3) is 0.333. The molecule has 0 saturated carbocycles. The summed E-state index contributed by atoms with van der Waals surface area (Å²) in [7, 11) is 0. The molecule has 0 radical (unpaired) electrons. The lowest BCUT2D eigenvalue weighted by molar-refractivity contribution is -0.135. The highest BCUT2D eigenvalue weighted by atomic mass is 32.1. The second kappa shape index (κ2) is 4.01. The van der Waals surface area contributed by atoms with Gasteiger partial charge in [0.1, 0.15) is 18.0 Å². The highest BCUT2D eigenvalue weighted by Gasteiger charge is 2.27. The second-order valence-corrected chi connectivity index (χ2v) is 4.61. The van der Waals surface area contributed by atoms with Gasteiger partial charge >= 0.3 is 0 Å². The number of rotatable bonds is 1. The minimum atomic E-state index is -0.453. The van der Waals surface area contributed by atoms with Crippen molar-refractivity contribution >= 4 is 29.1 Å². The van der Waals surface area contributed by atoms with E-state index in [1.165, 1.54) is 22.4 Å². The molecule has 16 heavy (non-hydrogen) atoms. The van der Waals surface area contributed by atoms with E-state index in [0.717, 1.165) is 5.01 Å². The van der Waals surface area contributed by atoms with Crippen LogP contribution in [0.1, 0.15) is 14.7 Å². The van der Waals surface area contributed by atoms with Crippen LogP contribution in [0.2, 0.25) is 0 Å². The quantitative estimate of drug-likeness (QED) is 0.673. The third-order valence-corrected chi connectivity index (χ3v) is 2.97. The summed E-state index contributed by atoms with van der Waals surface area (Å²) < 4.78 is 0. The summed E-state index contributed by atoms with van der Waals surface area (Å²) >= 11 is 1.25. The monoisotopic (exact) mass is 239 g/mol. The zero-order valence-electron chi connectivity index (χ0n) is 8.52. The van der Waals surface area contributed by atoms with Crippen LogP contribution >= 0.6 is 11.3 Å². The number of piperazine rings is 1. The van der Waals surface area contributed by atoms with Crippen molar-refractivity contribution in [3.05, 3.63) is 16.1 Å². The van der Waals surface area contributed by atoms with Crippen LogP contribution in [0, 0.1) is 6.92 Å². The lowest BCUT2D eigenvalue weighted by Crippen LogP contribution is -2.53. The first kappa shape index (κ1) is 10.7. The Hall–Kier alpha value is -1.76. The maximum Gasteiger partial charge on any atom is 0.266 e. The zero-order chi connectivity index (χ0) is 11.7. The van der Waals surface area contributed by atoms with Crippen LogP contribution in [0.15, 0.2) is 6.20 Å². The molecule has 0 aromatic carbocycles. The molecule has 7 heteroatoms. The Morgan fingerprint density at radius 3 is 2.56 bits per heavy atom. The Morgan fingerprint density at radius 1 is 1.44 bits per heavy atom. The molecule has 1 fully saturated rings. The third-order valence-electron chi connectivity index (χ3n) is 2.07. The molecular formula is C9H9N3O3S.